The number of aromatic nitrogens is 2. The molecule has 3 rings (SSSR count). The third-order valence-electron chi connectivity index (χ3n) is 3.99. The van der Waals surface area contributed by atoms with Crippen LogP contribution >= 0.6 is 11.3 Å². The van der Waals surface area contributed by atoms with Crippen molar-refractivity contribution in [2.45, 2.75) is 39.8 Å². The first-order valence-corrected chi connectivity index (χ1v) is 9.02. The lowest BCUT2D eigenvalue weighted by atomic mass is 10.1. The van der Waals surface area contributed by atoms with Crippen LogP contribution in [0.25, 0.3) is 21.3 Å². The summed E-state index contributed by atoms with van der Waals surface area (Å²) in [5, 5.41) is 2.48. The molecule has 1 aromatic carbocycles. The van der Waals surface area contributed by atoms with E-state index in [0.717, 1.165) is 16.7 Å². The summed E-state index contributed by atoms with van der Waals surface area (Å²) in [6.07, 6.45) is 1.19. The average Bonchev–Trinajstić information content (AvgIpc) is 2.99. The SMILES string of the molecule is Cc1ccc(-c2csc3ncn([C@@H](C)C(=O)OC(C)C)c(=O)c23)cc1. The topological polar surface area (TPSA) is 61.2 Å². The van der Waals surface area contributed by atoms with E-state index < -0.39 is 12.0 Å². The monoisotopic (exact) mass is 356 g/mol. The number of fused-ring (bicyclic) bond motifs is 1. The highest BCUT2D eigenvalue weighted by atomic mass is 32.1. The molecule has 0 radical (unpaired) electrons. The van der Waals surface area contributed by atoms with Crippen molar-refractivity contribution in [1.82, 2.24) is 9.55 Å². The molecule has 0 aliphatic carbocycles. The van der Waals surface area contributed by atoms with Gasteiger partial charge >= 0.3 is 5.97 Å². The molecule has 0 aliphatic heterocycles. The number of hydrogen-bond acceptors (Lipinski definition) is 5. The summed E-state index contributed by atoms with van der Waals surface area (Å²) in [6.45, 7) is 7.23. The fourth-order valence-electron chi connectivity index (χ4n) is 2.61. The van der Waals surface area contributed by atoms with Crippen LogP contribution in [0.5, 0.6) is 0 Å². The third-order valence-corrected chi connectivity index (χ3v) is 4.88. The number of esters is 1. The summed E-state index contributed by atoms with van der Waals surface area (Å²) in [6, 6.07) is 7.28. The minimum atomic E-state index is -0.724. The van der Waals surface area contributed by atoms with Crippen molar-refractivity contribution in [2.24, 2.45) is 0 Å². The van der Waals surface area contributed by atoms with Crippen molar-refractivity contribution in [2.75, 3.05) is 0 Å². The van der Waals surface area contributed by atoms with E-state index in [2.05, 4.69) is 4.98 Å². The maximum absolute atomic E-state index is 13.0. The lowest BCUT2D eigenvalue weighted by Gasteiger charge is -2.16. The molecule has 0 saturated heterocycles. The Morgan fingerprint density at radius 2 is 1.88 bits per heavy atom. The maximum atomic E-state index is 13.0. The molecular formula is C19H20N2O3S. The van der Waals surface area contributed by atoms with E-state index in [4.69, 9.17) is 4.74 Å². The Labute approximate surface area is 149 Å². The van der Waals surface area contributed by atoms with Gasteiger partial charge in [-0.3, -0.25) is 9.36 Å². The van der Waals surface area contributed by atoms with Crippen LogP contribution in [0.1, 0.15) is 32.4 Å². The van der Waals surface area contributed by atoms with Crippen LogP contribution in [0.4, 0.5) is 0 Å². The summed E-state index contributed by atoms with van der Waals surface area (Å²) in [7, 11) is 0. The molecule has 0 fully saturated rings. The number of aryl methyl sites for hydroxylation is 1. The van der Waals surface area contributed by atoms with E-state index >= 15 is 0 Å². The van der Waals surface area contributed by atoms with Crippen LogP contribution < -0.4 is 5.56 Å². The van der Waals surface area contributed by atoms with Gasteiger partial charge in [-0.15, -0.1) is 11.3 Å². The van der Waals surface area contributed by atoms with Gasteiger partial charge in [0.15, 0.2) is 0 Å². The highest BCUT2D eigenvalue weighted by Gasteiger charge is 2.22. The second kappa shape index (κ2) is 6.80. The molecule has 0 amide bonds. The molecule has 1 atom stereocenters. The number of benzene rings is 1. The lowest BCUT2D eigenvalue weighted by Crippen LogP contribution is -2.30. The largest absolute Gasteiger partial charge is 0.461 e. The quantitative estimate of drug-likeness (QED) is 0.664. The molecule has 2 aromatic heterocycles. The van der Waals surface area contributed by atoms with Crippen LogP contribution in [0.15, 0.2) is 40.8 Å². The van der Waals surface area contributed by atoms with Crippen LogP contribution in [-0.2, 0) is 9.53 Å². The van der Waals surface area contributed by atoms with Gasteiger partial charge in [0.05, 0.1) is 17.8 Å². The van der Waals surface area contributed by atoms with Crippen molar-refractivity contribution in [3.8, 4) is 11.1 Å². The molecule has 0 unspecified atom stereocenters. The highest BCUT2D eigenvalue weighted by molar-refractivity contribution is 7.17. The van der Waals surface area contributed by atoms with E-state index in [-0.39, 0.29) is 11.7 Å². The van der Waals surface area contributed by atoms with Crippen LogP contribution in [-0.4, -0.2) is 21.6 Å². The van der Waals surface area contributed by atoms with Gasteiger partial charge in [0.2, 0.25) is 0 Å². The third kappa shape index (κ3) is 3.35. The van der Waals surface area contributed by atoms with Crippen LogP contribution in [0, 0.1) is 6.92 Å². The zero-order valence-corrected chi connectivity index (χ0v) is 15.5. The molecular weight excluding hydrogens is 336 g/mol. The standard InChI is InChI=1S/C19H20N2O3S/c1-11(2)24-19(23)13(4)21-10-20-17-16(18(21)22)15(9-25-17)14-7-5-12(3)6-8-14/h5-11,13H,1-4H3/t13-/m0/s1. The first-order chi connectivity index (χ1) is 11.9. The molecule has 0 N–H and O–H groups in total. The summed E-state index contributed by atoms with van der Waals surface area (Å²) >= 11 is 1.43. The summed E-state index contributed by atoms with van der Waals surface area (Å²) in [5.74, 6) is -0.439. The molecule has 0 spiro atoms. The first-order valence-electron chi connectivity index (χ1n) is 8.14. The molecule has 0 aliphatic rings. The lowest BCUT2D eigenvalue weighted by molar-refractivity contribution is -0.151. The van der Waals surface area contributed by atoms with E-state index in [9.17, 15) is 9.59 Å². The van der Waals surface area contributed by atoms with E-state index in [1.807, 2.05) is 36.6 Å². The second-order valence-electron chi connectivity index (χ2n) is 6.31. The Kier molecular flexibility index (Phi) is 4.72. The minimum Gasteiger partial charge on any atom is -0.461 e. The number of hydrogen-bond donors (Lipinski definition) is 0. The Morgan fingerprint density at radius 1 is 1.20 bits per heavy atom. The zero-order valence-electron chi connectivity index (χ0n) is 14.6. The highest BCUT2D eigenvalue weighted by Crippen LogP contribution is 2.31. The average molecular weight is 356 g/mol. The number of nitrogens with zero attached hydrogens (tertiary/aromatic N) is 2. The normalized spacial score (nSPS) is 12.5. The molecule has 25 heavy (non-hydrogen) atoms. The summed E-state index contributed by atoms with van der Waals surface area (Å²) in [4.78, 5) is 30.2. The van der Waals surface area contributed by atoms with E-state index in [0.29, 0.717) is 10.2 Å². The fraction of sp³-hybridized carbons (Fsp3) is 0.316. The zero-order chi connectivity index (χ0) is 18.1. The van der Waals surface area contributed by atoms with Gasteiger partial charge in [-0.25, -0.2) is 9.78 Å². The number of carbonyl (C=O) groups is 1. The Hall–Kier alpha value is -2.47. The Morgan fingerprint density at radius 3 is 2.52 bits per heavy atom. The van der Waals surface area contributed by atoms with E-state index in [1.165, 1.54) is 22.2 Å². The van der Waals surface area contributed by atoms with Crippen molar-refractivity contribution >= 4 is 27.5 Å². The molecule has 130 valence electrons. The molecule has 5 nitrogen and oxygen atoms in total. The predicted octanol–water partition coefficient (Wildman–Crippen LogP) is 3.95. The van der Waals surface area contributed by atoms with E-state index in [1.54, 1.807) is 20.8 Å². The first kappa shape index (κ1) is 17.4. The number of thiophene rings is 1. The minimum absolute atomic E-state index is 0.227. The molecule has 3 aromatic rings. The van der Waals surface area contributed by atoms with Gasteiger partial charge in [0, 0.05) is 10.9 Å². The van der Waals surface area contributed by atoms with Crippen LogP contribution in [0.2, 0.25) is 0 Å². The van der Waals surface area contributed by atoms with Crippen molar-refractivity contribution in [3.63, 3.8) is 0 Å². The number of ether oxygens (including phenoxy) is 1. The summed E-state index contributed by atoms with van der Waals surface area (Å²) in [5.41, 5.74) is 2.74. The smallest absolute Gasteiger partial charge is 0.329 e. The van der Waals surface area contributed by atoms with Gasteiger partial charge < -0.3 is 4.74 Å². The Bertz CT molecular complexity index is 970. The summed E-state index contributed by atoms with van der Waals surface area (Å²) < 4.78 is 6.56. The number of rotatable bonds is 4. The van der Waals surface area contributed by atoms with Crippen molar-refractivity contribution in [1.29, 1.82) is 0 Å². The van der Waals surface area contributed by atoms with Gasteiger partial charge in [-0.1, -0.05) is 29.8 Å². The number of carbonyl (C=O) groups excluding carboxylic acids is 1. The van der Waals surface area contributed by atoms with Crippen LogP contribution in [0.3, 0.4) is 0 Å². The van der Waals surface area contributed by atoms with Gasteiger partial charge in [-0.2, -0.15) is 0 Å². The predicted molar refractivity (Wildman–Crippen MR) is 100.0 cm³/mol. The molecule has 0 bridgehead atoms. The van der Waals surface area contributed by atoms with Gasteiger partial charge in [0.25, 0.3) is 5.56 Å². The van der Waals surface area contributed by atoms with Gasteiger partial charge in [0.1, 0.15) is 10.9 Å². The fourth-order valence-corrected chi connectivity index (χ4v) is 3.52. The molecule has 0 saturated carbocycles. The van der Waals surface area contributed by atoms with Crippen molar-refractivity contribution < 1.29 is 9.53 Å². The molecule has 2 heterocycles. The Balaban J connectivity index is 2.10. The second-order valence-corrected chi connectivity index (χ2v) is 7.17. The molecule has 6 heteroatoms. The maximum Gasteiger partial charge on any atom is 0.329 e. The van der Waals surface area contributed by atoms with Gasteiger partial charge in [-0.05, 0) is 33.3 Å². The van der Waals surface area contributed by atoms with Crippen molar-refractivity contribution in [3.05, 3.63) is 51.9 Å².